The summed E-state index contributed by atoms with van der Waals surface area (Å²) in [4.78, 5) is 16.5. The molecule has 0 spiro atoms. The number of amides is 1. The van der Waals surface area contributed by atoms with Crippen molar-refractivity contribution in [3.63, 3.8) is 0 Å². The highest BCUT2D eigenvalue weighted by Crippen LogP contribution is 2.17. The minimum atomic E-state index is 0. The van der Waals surface area contributed by atoms with Gasteiger partial charge < -0.3 is 14.7 Å². The molecule has 6 nitrogen and oxygen atoms in total. The highest BCUT2D eigenvalue weighted by molar-refractivity contribution is 5.85. The highest BCUT2D eigenvalue weighted by atomic mass is 35.5. The normalized spacial score (nSPS) is 20.0. The first-order valence-electron chi connectivity index (χ1n) is 7.29. The zero-order chi connectivity index (χ0) is 14.1. The van der Waals surface area contributed by atoms with Crippen molar-refractivity contribution in [2.45, 2.75) is 20.4 Å². The Hall–Kier alpha value is -1.11. The molecule has 0 aromatic carbocycles. The lowest BCUT2D eigenvalue weighted by molar-refractivity contribution is -0.138. The second kappa shape index (κ2) is 6.77. The van der Waals surface area contributed by atoms with Gasteiger partial charge in [-0.1, -0.05) is 5.16 Å². The number of hydrogen-bond acceptors (Lipinski definition) is 5. The summed E-state index contributed by atoms with van der Waals surface area (Å²) >= 11 is 0. The van der Waals surface area contributed by atoms with Gasteiger partial charge in [0.15, 0.2) is 0 Å². The van der Waals surface area contributed by atoms with Crippen LogP contribution in [0.15, 0.2) is 4.52 Å². The zero-order valence-electron chi connectivity index (χ0n) is 12.6. The molecule has 0 bridgehead atoms. The van der Waals surface area contributed by atoms with Crippen molar-refractivity contribution in [1.82, 2.24) is 20.3 Å². The number of aromatic nitrogens is 1. The van der Waals surface area contributed by atoms with Gasteiger partial charge in [-0.3, -0.25) is 9.69 Å². The molecule has 118 valence electrons. The van der Waals surface area contributed by atoms with E-state index in [0.29, 0.717) is 5.91 Å². The summed E-state index contributed by atoms with van der Waals surface area (Å²) in [6.45, 7) is 10.0. The molecule has 1 amide bonds. The molecular formula is C14H23ClN4O2. The van der Waals surface area contributed by atoms with Crippen molar-refractivity contribution in [2.75, 3.05) is 39.3 Å². The van der Waals surface area contributed by atoms with Crippen molar-refractivity contribution in [2.24, 2.45) is 5.92 Å². The molecular weight excluding hydrogens is 292 g/mol. The first kappa shape index (κ1) is 16.3. The molecule has 2 saturated heterocycles. The van der Waals surface area contributed by atoms with Crippen LogP contribution in [-0.2, 0) is 11.3 Å². The van der Waals surface area contributed by atoms with E-state index in [0.717, 1.165) is 57.3 Å². The van der Waals surface area contributed by atoms with Crippen LogP contribution in [0.4, 0.5) is 0 Å². The lowest BCUT2D eigenvalue weighted by Gasteiger charge is -2.38. The Balaban J connectivity index is 0.00000161. The quantitative estimate of drug-likeness (QED) is 0.884. The number of rotatable bonds is 3. The van der Waals surface area contributed by atoms with Gasteiger partial charge in [0.1, 0.15) is 5.76 Å². The summed E-state index contributed by atoms with van der Waals surface area (Å²) in [5, 5.41) is 7.15. The maximum absolute atomic E-state index is 12.2. The van der Waals surface area contributed by atoms with Crippen molar-refractivity contribution < 1.29 is 9.32 Å². The molecule has 0 unspecified atom stereocenters. The number of hydrogen-bond donors (Lipinski definition) is 1. The maximum Gasteiger partial charge on any atom is 0.228 e. The fourth-order valence-corrected chi connectivity index (χ4v) is 2.80. The number of piperazine rings is 1. The summed E-state index contributed by atoms with van der Waals surface area (Å²) < 4.78 is 5.20. The van der Waals surface area contributed by atoms with Gasteiger partial charge in [-0.05, 0) is 13.8 Å². The monoisotopic (exact) mass is 314 g/mol. The predicted octanol–water partition coefficient (Wildman–Crippen LogP) is 0.577. The summed E-state index contributed by atoms with van der Waals surface area (Å²) in [5.74, 6) is 1.44. The predicted molar refractivity (Wildman–Crippen MR) is 81.4 cm³/mol. The number of carbonyl (C=O) groups is 1. The SMILES string of the molecule is Cc1noc(C)c1CN1CCN(C(=O)C2CNC2)CC1.Cl. The van der Waals surface area contributed by atoms with Crippen LogP contribution in [0.2, 0.25) is 0 Å². The molecule has 3 rings (SSSR count). The third-order valence-corrected chi connectivity index (χ3v) is 4.38. The number of nitrogens with one attached hydrogen (secondary N) is 1. The van der Waals surface area contributed by atoms with Crippen molar-refractivity contribution >= 4 is 18.3 Å². The standard InChI is InChI=1S/C14H22N4O2.ClH/c1-10-13(11(2)20-16-10)9-17-3-5-18(6-4-17)14(19)12-7-15-8-12;/h12,15H,3-9H2,1-2H3;1H. The molecule has 2 aliphatic heterocycles. The van der Waals surface area contributed by atoms with E-state index in [2.05, 4.69) is 15.4 Å². The van der Waals surface area contributed by atoms with Gasteiger partial charge >= 0.3 is 0 Å². The topological polar surface area (TPSA) is 61.6 Å². The van der Waals surface area contributed by atoms with Gasteiger partial charge in [-0.2, -0.15) is 0 Å². The largest absolute Gasteiger partial charge is 0.361 e. The third-order valence-electron chi connectivity index (χ3n) is 4.38. The Kier molecular flexibility index (Phi) is 5.24. The van der Waals surface area contributed by atoms with Gasteiger partial charge in [0.2, 0.25) is 5.91 Å². The second-order valence-electron chi connectivity index (χ2n) is 5.76. The molecule has 1 aromatic heterocycles. The van der Waals surface area contributed by atoms with Crippen LogP contribution in [-0.4, -0.2) is 60.1 Å². The number of carbonyl (C=O) groups excluding carboxylic acids is 1. The number of nitrogens with zero attached hydrogens (tertiary/aromatic N) is 3. The third kappa shape index (κ3) is 3.39. The van der Waals surface area contributed by atoms with Gasteiger partial charge in [0.25, 0.3) is 0 Å². The Morgan fingerprint density at radius 2 is 1.95 bits per heavy atom. The van der Waals surface area contributed by atoms with Crippen LogP contribution in [0.1, 0.15) is 17.0 Å². The van der Waals surface area contributed by atoms with Crippen molar-refractivity contribution in [3.8, 4) is 0 Å². The lowest BCUT2D eigenvalue weighted by Crippen LogP contribution is -2.56. The van der Waals surface area contributed by atoms with E-state index < -0.39 is 0 Å². The van der Waals surface area contributed by atoms with Crippen LogP contribution in [0.3, 0.4) is 0 Å². The highest BCUT2D eigenvalue weighted by Gasteiger charge is 2.31. The van der Waals surface area contributed by atoms with E-state index in [1.165, 1.54) is 5.56 Å². The molecule has 0 saturated carbocycles. The van der Waals surface area contributed by atoms with Gasteiger partial charge in [-0.25, -0.2) is 0 Å². The Morgan fingerprint density at radius 3 is 2.43 bits per heavy atom. The van der Waals surface area contributed by atoms with Gasteiger partial charge in [0, 0.05) is 51.4 Å². The molecule has 3 heterocycles. The second-order valence-corrected chi connectivity index (χ2v) is 5.76. The number of halogens is 1. The van der Waals surface area contributed by atoms with Gasteiger partial charge in [-0.15, -0.1) is 12.4 Å². The van der Waals surface area contributed by atoms with E-state index >= 15 is 0 Å². The van der Waals surface area contributed by atoms with Crippen LogP contribution in [0.5, 0.6) is 0 Å². The minimum absolute atomic E-state index is 0. The molecule has 0 atom stereocenters. The smallest absolute Gasteiger partial charge is 0.228 e. The summed E-state index contributed by atoms with van der Waals surface area (Å²) in [7, 11) is 0. The van der Waals surface area contributed by atoms with E-state index in [4.69, 9.17) is 4.52 Å². The first-order valence-corrected chi connectivity index (χ1v) is 7.29. The molecule has 0 radical (unpaired) electrons. The van der Waals surface area contributed by atoms with Crippen LogP contribution >= 0.6 is 12.4 Å². The van der Waals surface area contributed by atoms with Gasteiger partial charge in [0.05, 0.1) is 11.6 Å². The van der Waals surface area contributed by atoms with E-state index in [1.54, 1.807) is 0 Å². The zero-order valence-corrected chi connectivity index (χ0v) is 13.4. The van der Waals surface area contributed by atoms with E-state index in [-0.39, 0.29) is 18.3 Å². The van der Waals surface area contributed by atoms with Crippen LogP contribution in [0, 0.1) is 19.8 Å². The molecule has 7 heteroatoms. The Bertz CT molecular complexity index is 474. The molecule has 1 N–H and O–H groups in total. The molecule has 1 aromatic rings. The average Bonchev–Trinajstić information content (AvgIpc) is 2.69. The van der Waals surface area contributed by atoms with E-state index in [9.17, 15) is 4.79 Å². The summed E-state index contributed by atoms with van der Waals surface area (Å²) in [5.41, 5.74) is 2.16. The van der Waals surface area contributed by atoms with Crippen LogP contribution < -0.4 is 5.32 Å². The summed E-state index contributed by atoms with van der Waals surface area (Å²) in [6.07, 6.45) is 0. The van der Waals surface area contributed by atoms with Crippen molar-refractivity contribution in [3.05, 3.63) is 17.0 Å². The van der Waals surface area contributed by atoms with Crippen LogP contribution in [0.25, 0.3) is 0 Å². The Labute approximate surface area is 131 Å². The fourth-order valence-electron chi connectivity index (χ4n) is 2.80. The summed E-state index contributed by atoms with van der Waals surface area (Å²) in [6, 6.07) is 0. The molecule has 2 aliphatic rings. The molecule has 2 fully saturated rings. The lowest BCUT2D eigenvalue weighted by atomic mass is 10.0. The molecule has 21 heavy (non-hydrogen) atoms. The average molecular weight is 315 g/mol. The maximum atomic E-state index is 12.2. The fraction of sp³-hybridized carbons (Fsp3) is 0.714. The van der Waals surface area contributed by atoms with Crippen molar-refractivity contribution in [1.29, 1.82) is 0 Å². The number of aryl methyl sites for hydroxylation is 2. The minimum Gasteiger partial charge on any atom is -0.361 e. The first-order chi connectivity index (χ1) is 9.65. The Morgan fingerprint density at radius 1 is 1.29 bits per heavy atom. The van der Waals surface area contributed by atoms with E-state index in [1.807, 2.05) is 18.7 Å². The molecule has 0 aliphatic carbocycles.